The van der Waals surface area contributed by atoms with Gasteiger partial charge < -0.3 is 19.9 Å². The lowest BCUT2D eigenvalue weighted by molar-refractivity contribution is 0.179. The molecule has 0 amide bonds. The molecule has 25 heavy (non-hydrogen) atoms. The van der Waals surface area contributed by atoms with E-state index in [-0.39, 0.29) is 30.0 Å². The van der Waals surface area contributed by atoms with Crippen LogP contribution in [0.2, 0.25) is 0 Å². The van der Waals surface area contributed by atoms with Crippen LogP contribution in [0.1, 0.15) is 26.1 Å². The fraction of sp³-hybridized carbons (Fsp3) is 0.556. The van der Waals surface area contributed by atoms with Crippen molar-refractivity contribution in [1.82, 2.24) is 20.2 Å². The number of nitrogens with zero attached hydrogens (tertiary/aromatic N) is 3. The van der Waals surface area contributed by atoms with E-state index >= 15 is 0 Å². The summed E-state index contributed by atoms with van der Waals surface area (Å²) in [4.78, 5) is 9.25. The Labute approximate surface area is 167 Å². The Bertz CT molecular complexity index is 671. The number of hydrogen-bond acceptors (Lipinski definition) is 3. The van der Waals surface area contributed by atoms with Gasteiger partial charge in [0.25, 0.3) is 0 Å². The van der Waals surface area contributed by atoms with Gasteiger partial charge in [0.1, 0.15) is 5.82 Å². The van der Waals surface area contributed by atoms with Crippen molar-refractivity contribution in [2.75, 3.05) is 26.8 Å². The van der Waals surface area contributed by atoms with E-state index in [1.54, 1.807) is 7.11 Å². The molecule has 1 atom stereocenters. The number of fused-ring (bicyclic) bond motifs is 1. The van der Waals surface area contributed by atoms with Crippen molar-refractivity contribution in [2.45, 2.75) is 39.8 Å². The summed E-state index contributed by atoms with van der Waals surface area (Å²) in [5, 5.41) is 6.62. The highest BCUT2D eigenvalue weighted by molar-refractivity contribution is 14.0. The van der Waals surface area contributed by atoms with Crippen molar-refractivity contribution in [2.24, 2.45) is 4.99 Å². The summed E-state index contributed by atoms with van der Waals surface area (Å²) in [5.74, 6) is 1.90. The highest BCUT2D eigenvalue weighted by atomic mass is 127. The molecule has 0 aliphatic rings. The van der Waals surface area contributed by atoms with Crippen molar-refractivity contribution in [3.63, 3.8) is 0 Å². The molecular weight excluding hydrogens is 429 g/mol. The Morgan fingerprint density at radius 2 is 2.12 bits per heavy atom. The van der Waals surface area contributed by atoms with Crippen LogP contribution in [-0.4, -0.2) is 48.4 Å². The molecular formula is C18H30IN5O. The monoisotopic (exact) mass is 459 g/mol. The van der Waals surface area contributed by atoms with E-state index in [0.717, 1.165) is 43.4 Å². The molecule has 0 spiro atoms. The molecule has 0 saturated carbocycles. The third-order valence-corrected chi connectivity index (χ3v) is 3.80. The lowest BCUT2D eigenvalue weighted by atomic mass is 10.3. The molecule has 2 N–H and O–H groups in total. The average molecular weight is 459 g/mol. The molecule has 1 unspecified atom stereocenters. The number of guanidine groups is 1. The number of halogens is 1. The molecule has 0 bridgehead atoms. The largest absolute Gasteiger partial charge is 0.383 e. The number of nitrogens with one attached hydrogen (secondary N) is 2. The number of aliphatic imine (C=N–C) groups is 1. The Hall–Kier alpha value is -1.35. The molecule has 0 saturated heterocycles. The molecule has 140 valence electrons. The summed E-state index contributed by atoms with van der Waals surface area (Å²) < 4.78 is 7.42. The quantitative estimate of drug-likeness (QED) is 0.276. The molecule has 0 radical (unpaired) electrons. The zero-order valence-electron chi connectivity index (χ0n) is 15.6. The van der Waals surface area contributed by atoms with E-state index in [2.05, 4.69) is 64.1 Å². The fourth-order valence-electron chi connectivity index (χ4n) is 2.74. The van der Waals surface area contributed by atoms with Crippen LogP contribution >= 0.6 is 24.0 Å². The molecule has 6 nitrogen and oxygen atoms in total. The zero-order chi connectivity index (χ0) is 17.4. The first kappa shape index (κ1) is 21.7. The predicted octanol–water partition coefficient (Wildman–Crippen LogP) is 2.94. The summed E-state index contributed by atoms with van der Waals surface area (Å²) in [6.45, 7) is 9.39. The second kappa shape index (κ2) is 11.3. The third-order valence-electron chi connectivity index (χ3n) is 3.80. The van der Waals surface area contributed by atoms with Gasteiger partial charge in [-0.15, -0.1) is 24.0 Å². The number of rotatable bonds is 8. The summed E-state index contributed by atoms with van der Waals surface area (Å²) in [6, 6.07) is 8.49. The average Bonchev–Trinajstić information content (AvgIpc) is 2.87. The summed E-state index contributed by atoms with van der Waals surface area (Å²) in [6.07, 6.45) is 0.969. The van der Waals surface area contributed by atoms with Crippen LogP contribution in [-0.2, 0) is 11.3 Å². The first-order valence-corrected chi connectivity index (χ1v) is 8.61. The lowest BCUT2D eigenvalue weighted by Crippen LogP contribution is -2.44. The predicted molar refractivity (Wildman–Crippen MR) is 115 cm³/mol. The lowest BCUT2D eigenvalue weighted by Gasteiger charge is -2.17. The molecule has 2 aromatic rings. The highest BCUT2D eigenvalue weighted by Gasteiger charge is 2.07. The van der Waals surface area contributed by atoms with E-state index < -0.39 is 0 Å². The van der Waals surface area contributed by atoms with Gasteiger partial charge in [-0.05, 0) is 39.3 Å². The SMILES string of the molecule is CCNC(=NCCCn1c(C)nc2ccccc21)NC(C)COC.I. The summed E-state index contributed by atoms with van der Waals surface area (Å²) >= 11 is 0. The van der Waals surface area contributed by atoms with Gasteiger partial charge in [0.2, 0.25) is 0 Å². The molecule has 2 rings (SSSR count). The van der Waals surface area contributed by atoms with Gasteiger partial charge in [-0.3, -0.25) is 4.99 Å². The zero-order valence-corrected chi connectivity index (χ0v) is 17.9. The second-order valence-electron chi connectivity index (χ2n) is 5.91. The van der Waals surface area contributed by atoms with E-state index in [4.69, 9.17) is 4.74 Å². The number of hydrogen-bond donors (Lipinski definition) is 2. The highest BCUT2D eigenvalue weighted by Crippen LogP contribution is 2.15. The van der Waals surface area contributed by atoms with Gasteiger partial charge in [0.15, 0.2) is 5.96 Å². The minimum absolute atomic E-state index is 0. The number of aryl methyl sites for hydroxylation is 2. The van der Waals surface area contributed by atoms with E-state index in [1.165, 1.54) is 5.52 Å². The van der Waals surface area contributed by atoms with Crippen LogP contribution in [0.3, 0.4) is 0 Å². The first-order valence-electron chi connectivity index (χ1n) is 8.61. The molecule has 0 aliphatic carbocycles. The number of imidazole rings is 1. The van der Waals surface area contributed by atoms with E-state index in [0.29, 0.717) is 6.61 Å². The number of methoxy groups -OCH3 is 1. The Morgan fingerprint density at radius 3 is 2.84 bits per heavy atom. The minimum Gasteiger partial charge on any atom is -0.383 e. The van der Waals surface area contributed by atoms with Gasteiger partial charge in [0, 0.05) is 32.8 Å². The summed E-state index contributed by atoms with van der Waals surface area (Å²) in [7, 11) is 1.71. The van der Waals surface area contributed by atoms with E-state index in [9.17, 15) is 0 Å². The van der Waals surface area contributed by atoms with Crippen LogP contribution in [0.25, 0.3) is 11.0 Å². The van der Waals surface area contributed by atoms with Gasteiger partial charge in [0.05, 0.1) is 17.6 Å². The third kappa shape index (κ3) is 6.47. The molecule has 0 fully saturated rings. The van der Waals surface area contributed by atoms with Gasteiger partial charge in [-0.1, -0.05) is 12.1 Å². The van der Waals surface area contributed by atoms with Crippen LogP contribution in [0.5, 0.6) is 0 Å². The maximum atomic E-state index is 5.16. The normalized spacial score (nSPS) is 12.7. The molecule has 7 heteroatoms. The molecule has 1 heterocycles. The van der Waals surface area contributed by atoms with Crippen molar-refractivity contribution >= 4 is 41.0 Å². The van der Waals surface area contributed by atoms with Crippen molar-refractivity contribution in [3.8, 4) is 0 Å². The van der Waals surface area contributed by atoms with Gasteiger partial charge >= 0.3 is 0 Å². The Morgan fingerprint density at radius 1 is 1.36 bits per heavy atom. The standard InChI is InChI=1S/C18H29N5O.HI/c1-5-19-18(21-14(2)13-24-4)20-11-8-12-23-15(3)22-16-9-6-7-10-17(16)23;/h6-7,9-10,14H,5,8,11-13H2,1-4H3,(H2,19,20,21);1H. The molecule has 1 aromatic heterocycles. The van der Waals surface area contributed by atoms with Crippen LogP contribution in [0, 0.1) is 6.92 Å². The number of aromatic nitrogens is 2. The molecule has 1 aromatic carbocycles. The number of ether oxygens (including phenoxy) is 1. The van der Waals surface area contributed by atoms with Crippen LogP contribution < -0.4 is 10.6 Å². The Balaban J connectivity index is 0.00000312. The second-order valence-corrected chi connectivity index (χ2v) is 5.91. The topological polar surface area (TPSA) is 63.5 Å². The maximum Gasteiger partial charge on any atom is 0.191 e. The first-order chi connectivity index (χ1) is 11.7. The van der Waals surface area contributed by atoms with Crippen LogP contribution in [0.15, 0.2) is 29.3 Å². The smallest absolute Gasteiger partial charge is 0.191 e. The van der Waals surface area contributed by atoms with Crippen molar-refractivity contribution in [3.05, 3.63) is 30.1 Å². The van der Waals surface area contributed by atoms with Gasteiger partial charge in [-0.25, -0.2) is 4.98 Å². The maximum absolute atomic E-state index is 5.16. The van der Waals surface area contributed by atoms with Crippen molar-refractivity contribution in [1.29, 1.82) is 0 Å². The van der Waals surface area contributed by atoms with Crippen LogP contribution in [0.4, 0.5) is 0 Å². The minimum atomic E-state index is 0. The van der Waals surface area contributed by atoms with Gasteiger partial charge in [-0.2, -0.15) is 0 Å². The number of para-hydroxylation sites is 2. The molecule has 0 aliphatic heterocycles. The number of benzene rings is 1. The fourth-order valence-corrected chi connectivity index (χ4v) is 2.74. The van der Waals surface area contributed by atoms with Crippen molar-refractivity contribution < 1.29 is 4.74 Å². The summed E-state index contributed by atoms with van der Waals surface area (Å²) in [5.41, 5.74) is 2.25. The van der Waals surface area contributed by atoms with E-state index in [1.807, 2.05) is 6.07 Å². The Kier molecular flexibility index (Phi) is 9.81.